The van der Waals surface area contributed by atoms with Gasteiger partial charge in [0.25, 0.3) is 0 Å². The van der Waals surface area contributed by atoms with Crippen molar-refractivity contribution in [1.82, 2.24) is 9.55 Å². The third kappa shape index (κ3) is 1.35. The van der Waals surface area contributed by atoms with Gasteiger partial charge in [-0.2, -0.15) is 5.26 Å². The van der Waals surface area contributed by atoms with Gasteiger partial charge in [0.15, 0.2) is 0 Å². The second-order valence-corrected chi connectivity index (χ2v) is 3.19. The summed E-state index contributed by atoms with van der Waals surface area (Å²) in [5, 5.41) is 8.57. The van der Waals surface area contributed by atoms with E-state index in [1.165, 1.54) is 0 Å². The van der Waals surface area contributed by atoms with Gasteiger partial charge in [0.1, 0.15) is 0 Å². The van der Waals surface area contributed by atoms with Gasteiger partial charge in [-0.1, -0.05) is 6.07 Å². The number of imidazole rings is 1. The highest BCUT2D eigenvalue weighted by atomic mass is 15.0. The molecule has 0 atom stereocenters. The van der Waals surface area contributed by atoms with Crippen molar-refractivity contribution in [3.8, 4) is 6.07 Å². The van der Waals surface area contributed by atoms with Crippen molar-refractivity contribution in [2.45, 2.75) is 19.9 Å². The fourth-order valence-corrected chi connectivity index (χ4v) is 1.56. The summed E-state index contributed by atoms with van der Waals surface area (Å²) < 4.78 is 2.09. The molecule has 0 unspecified atom stereocenters. The predicted octanol–water partition coefficient (Wildman–Crippen LogP) is 2.12. The zero-order valence-electron chi connectivity index (χ0n) is 8.07. The Hall–Kier alpha value is -1.82. The Balaban J connectivity index is 2.53. The lowest BCUT2D eigenvalue weighted by molar-refractivity contribution is 0.787. The van der Waals surface area contributed by atoms with Crippen LogP contribution in [-0.2, 0) is 13.0 Å². The van der Waals surface area contributed by atoms with E-state index in [2.05, 4.69) is 22.5 Å². The van der Waals surface area contributed by atoms with Crippen LogP contribution in [-0.4, -0.2) is 9.55 Å². The average Bonchev–Trinajstić information content (AvgIpc) is 2.60. The molecule has 1 heterocycles. The minimum absolute atomic E-state index is 0.453. The molecule has 2 aromatic rings. The summed E-state index contributed by atoms with van der Waals surface area (Å²) in [6.07, 6.45) is 2.29. The van der Waals surface area contributed by atoms with E-state index in [1.807, 2.05) is 24.5 Å². The molecule has 3 heteroatoms. The molecule has 0 aliphatic rings. The Labute approximate surface area is 82.6 Å². The number of nitrogens with zero attached hydrogens (tertiary/aromatic N) is 3. The Morgan fingerprint density at radius 3 is 3.07 bits per heavy atom. The highest BCUT2D eigenvalue weighted by Crippen LogP contribution is 2.14. The Kier molecular flexibility index (Phi) is 2.19. The van der Waals surface area contributed by atoms with E-state index in [1.54, 1.807) is 0 Å². The van der Waals surface area contributed by atoms with Crippen LogP contribution in [0, 0.1) is 11.3 Å². The molecule has 1 aromatic heterocycles. The van der Waals surface area contributed by atoms with Crippen LogP contribution in [0.25, 0.3) is 11.0 Å². The van der Waals surface area contributed by atoms with Crippen LogP contribution >= 0.6 is 0 Å². The van der Waals surface area contributed by atoms with Crippen LogP contribution in [0.1, 0.15) is 12.5 Å². The fraction of sp³-hybridized carbons (Fsp3) is 0.273. The standard InChI is InChI=1S/C11H11N3/c1-2-14-8-13-10-7-9(5-6-12)3-4-11(10)14/h3-4,7-8H,2,5H2,1H3. The number of fused-ring (bicyclic) bond motifs is 1. The molecule has 0 amide bonds. The molecule has 0 fully saturated rings. The number of aryl methyl sites for hydroxylation is 1. The van der Waals surface area contributed by atoms with Crippen LogP contribution in [0.3, 0.4) is 0 Å². The summed E-state index contributed by atoms with van der Waals surface area (Å²) in [6.45, 7) is 3.01. The molecule has 0 N–H and O–H groups in total. The molecule has 0 saturated carbocycles. The second kappa shape index (κ2) is 3.51. The zero-order chi connectivity index (χ0) is 9.97. The Morgan fingerprint density at radius 2 is 2.36 bits per heavy atom. The minimum atomic E-state index is 0.453. The van der Waals surface area contributed by atoms with Crippen molar-refractivity contribution < 1.29 is 0 Å². The zero-order valence-corrected chi connectivity index (χ0v) is 8.07. The van der Waals surface area contributed by atoms with Crippen LogP contribution < -0.4 is 0 Å². The minimum Gasteiger partial charge on any atom is -0.331 e. The van der Waals surface area contributed by atoms with Crippen LogP contribution in [0.15, 0.2) is 24.5 Å². The molecule has 0 bridgehead atoms. The Bertz CT molecular complexity index is 491. The van der Waals surface area contributed by atoms with E-state index in [0.29, 0.717) is 6.42 Å². The monoisotopic (exact) mass is 185 g/mol. The van der Waals surface area contributed by atoms with Gasteiger partial charge < -0.3 is 4.57 Å². The summed E-state index contributed by atoms with van der Waals surface area (Å²) in [4.78, 5) is 4.29. The molecule has 2 rings (SSSR count). The van der Waals surface area contributed by atoms with Gasteiger partial charge in [-0.15, -0.1) is 0 Å². The topological polar surface area (TPSA) is 41.6 Å². The number of nitriles is 1. The highest BCUT2D eigenvalue weighted by Gasteiger charge is 2.01. The van der Waals surface area contributed by atoms with Gasteiger partial charge >= 0.3 is 0 Å². The molecule has 0 radical (unpaired) electrons. The molecule has 70 valence electrons. The molecular weight excluding hydrogens is 174 g/mol. The van der Waals surface area contributed by atoms with Gasteiger partial charge in [0, 0.05) is 6.54 Å². The SMILES string of the molecule is CCn1cnc2cc(CC#N)ccc21. The maximum atomic E-state index is 8.57. The number of aromatic nitrogens is 2. The third-order valence-corrected chi connectivity index (χ3v) is 2.31. The summed E-state index contributed by atoms with van der Waals surface area (Å²) in [5.41, 5.74) is 3.13. The summed E-state index contributed by atoms with van der Waals surface area (Å²) >= 11 is 0. The molecule has 1 aromatic carbocycles. The van der Waals surface area contributed by atoms with E-state index < -0.39 is 0 Å². The maximum absolute atomic E-state index is 8.57. The van der Waals surface area contributed by atoms with Crippen molar-refractivity contribution in [2.24, 2.45) is 0 Å². The lowest BCUT2D eigenvalue weighted by Crippen LogP contribution is -1.90. The molecule has 14 heavy (non-hydrogen) atoms. The molecule has 0 spiro atoms. The molecule has 0 aliphatic carbocycles. The highest BCUT2D eigenvalue weighted by molar-refractivity contribution is 5.76. The summed E-state index contributed by atoms with van der Waals surface area (Å²) in [5.74, 6) is 0. The van der Waals surface area contributed by atoms with E-state index in [0.717, 1.165) is 23.1 Å². The van der Waals surface area contributed by atoms with Gasteiger partial charge in [-0.3, -0.25) is 0 Å². The number of rotatable bonds is 2. The number of benzene rings is 1. The lowest BCUT2D eigenvalue weighted by atomic mass is 10.1. The third-order valence-electron chi connectivity index (χ3n) is 2.31. The van der Waals surface area contributed by atoms with Gasteiger partial charge in [0.05, 0.1) is 29.9 Å². The Morgan fingerprint density at radius 1 is 1.50 bits per heavy atom. The normalized spacial score (nSPS) is 10.3. The van der Waals surface area contributed by atoms with Crippen molar-refractivity contribution in [3.05, 3.63) is 30.1 Å². The molecule has 3 nitrogen and oxygen atoms in total. The van der Waals surface area contributed by atoms with Gasteiger partial charge in [0.2, 0.25) is 0 Å². The maximum Gasteiger partial charge on any atom is 0.0958 e. The van der Waals surface area contributed by atoms with Gasteiger partial charge in [-0.25, -0.2) is 4.98 Å². The van der Waals surface area contributed by atoms with Crippen LogP contribution in [0.4, 0.5) is 0 Å². The van der Waals surface area contributed by atoms with Crippen LogP contribution in [0.2, 0.25) is 0 Å². The predicted molar refractivity (Wildman–Crippen MR) is 54.7 cm³/mol. The first-order chi connectivity index (χ1) is 6.85. The molecule has 0 aliphatic heterocycles. The number of hydrogen-bond donors (Lipinski definition) is 0. The lowest BCUT2D eigenvalue weighted by Gasteiger charge is -1.99. The fourth-order valence-electron chi connectivity index (χ4n) is 1.56. The first-order valence-corrected chi connectivity index (χ1v) is 4.66. The molecular formula is C11H11N3. The largest absolute Gasteiger partial charge is 0.331 e. The van der Waals surface area contributed by atoms with E-state index in [4.69, 9.17) is 5.26 Å². The quantitative estimate of drug-likeness (QED) is 0.719. The van der Waals surface area contributed by atoms with Crippen LogP contribution in [0.5, 0.6) is 0 Å². The summed E-state index contributed by atoms with van der Waals surface area (Å²) in [7, 11) is 0. The smallest absolute Gasteiger partial charge is 0.0958 e. The average molecular weight is 185 g/mol. The number of hydrogen-bond acceptors (Lipinski definition) is 2. The summed E-state index contributed by atoms with van der Waals surface area (Å²) in [6, 6.07) is 8.12. The van der Waals surface area contributed by atoms with E-state index in [9.17, 15) is 0 Å². The van der Waals surface area contributed by atoms with Gasteiger partial charge in [-0.05, 0) is 24.6 Å². The van der Waals surface area contributed by atoms with E-state index >= 15 is 0 Å². The van der Waals surface area contributed by atoms with Crippen molar-refractivity contribution in [3.63, 3.8) is 0 Å². The molecule has 0 saturated heterocycles. The van der Waals surface area contributed by atoms with Crippen molar-refractivity contribution in [1.29, 1.82) is 5.26 Å². The van der Waals surface area contributed by atoms with E-state index in [-0.39, 0.29) is 0 Å². The first-order valence-electron chi connectivity index (χ1n) is 4.66. The first kappa shape index (κ1) is 8.76. The second-order valence-electron chi connectivity index (χ2n) is 3.19. The van der Waals surface area contributed by atoms with Crippen molar-refractivity contribution >= 4 is 11.0 Å². The van der Waals surface area contributed by atoms with Crippen molar-refractivity contribution in [2.75, 3.05) is 0 Å².